The summed E-state index contributed by atoms with van der Waals surface area (Å²) in [6, 6.07) is 18.0. The van der Waals surface area contributed by atoms with Gasteiger partial charge in [0.15, 0.2) is 5.65 Å². The first-order chi connectivity index (χ1) is 14.4. The highest BCUT2D eigenvalue weighted by Crippen LogP contribution is 2.25. The second-order valence-corrected chi connectivity index (χ2v) is 7.51. The van der Waals surface area contributed by atoms with E-state index in [2.05, 4.69) is 34.5 Å². The van der Waals surface area contributed by atoms with Crippen molar-refractivity contribution in [1.29, 1.82) is 0 Å². The molecule has 0 aliphatic heterocycles. The normalized spacial score (nSPS) is 12.1. The lowest BCUT2D eigenvalue weighted by atomic mass is 10.0. The maximum absolute atomic E-state index is 13.7. The Hall–Kier alpha value is -3.54. The van der Waals surface area contributed by atoms with Crippen molar-refractivity contribution in [3.05, 3.63) is 89.0 Å². The minimum atomic E-state index is -0.352. The van der Waals surface area contributed by atoms with Gasteiger partial charge in [-0.3, -0.25) is 4.79 Å². The predicted molar refractivity (Wildman–Crippen MR) is 115 cm³/mol. The number of aryl methyl sites for hydroxylation is 2. The zero-order valence-corrected chi connectivity index (χ0v) is 17.2. The largest absolute Gasteiger partial charge is 0.351 e. The number of hydrogen-bond acceptors (Lipinski definition) is 3. The molecule has 2 aromatic heterocycles. The van der Waals surface area contributed by atoms with E-state index in [0.29, 0.717) is 40.2 Å². The van der Waals surface area contributed by atoms with Gasteiger partial charge in [-0.1, -0.05) is 43.3 Å². The molecular formula is C24H23FN4O. The summed E-state index contributed by atoms with van der Waals surface area (Å²) in [5.74, 6) is -0.339. The summed E-state index contributed by atoms with van der Waals surface area (Å²) >= 11 is 0. The minimum Gasteiger partial charge on any atom is -0.351 e. The number of fused-ring (bicyclic) bond motifs is 1. The van der Waals surface area contributed by atoms with Crippen LogP contribution in [0.5, 0.6) is 0 Å². The van der Waals surface area contributed by atoms with Gasteiger partial charge in [-0.05, 0) is 49.6 Å². The van der Waals surface area contributed by atoms with Crippen molar-refractivity contribution in [3.8, 4) is 5.69 Å². The molecule has 30 heavy (non-hydrogen) atoms. The summed E-state index contributed by atoms with van der Waals surface area (Å²) < 4.78 is 15.3. The van der Waals surface area contributed by atoms with Crippen molar-refractivity contribution in [3.63, 3.8) is 0 Å². The fourth-order valence-electron chi connectivity index (χ4n) is 3.62. The Morgan fingerprint density at radius 2 is 1.87 bits per heavy atom. The van der Waals surface area contributed by atoms with Gasteiger partial charge in [-0.25, -0.2) is 14.1 Å². The first kappa shape index (κ1) is 19.8. The molecule has 4 rings (SSSR count). The molecule has 6 heteroatoms. The van der Waals surface area contributed by atoms with E-state index in [1.54, 1.807) is 22.9 Å². The van der Waals surface area contributed by atoms with E-state index >= 15 is 0 Å². The SMILES string of the molecule is Cc1cc(C(=O)NCC(C)c2ccccc2)c2c(C)nn(-c3cccc(F)c3)c2n1. The molecule has 0 saturated carbocycles. The van der Waals surface area contributed by atoms with Gasteiger partial charge >= 0.3 is 0 Å². The van der Waals surface area contributed by atoms with Gasteiger partial charge in [-0.2, -0.15) is 5.10 Å². The van der Waals surface area contributed by atoms with Crippen LogP contribution >= 0.6 is 0 Å². The second kappa shape index (κ2) is 8.06. The van der Waals surface area contributed by atoms with Crippen molar-refractivity contribution in [2.24, 2.45) is 0 Å². The number of carbonyl (C=O) groups excluding carboxylic acids is 1. The number of nitrogens with one attached hydrogen (secondary N) is 1. The maximum Gasteiger partial charge on any atom is 0.252 e. The van der Waals surface area contributed by atoms with Crippen LogP contribution in [0.15, 0.2) is 60.7 Å². The first-order valence-electron chi connectivity index (χ1n) is 9.90. The summed E-state index contributed by atoms with van der Waals surface area (Å²) in [6.45, 7) is 6.26. The summed E-state index contributed by atoms with van der Waals surface area (Å²) in [5.41, 5.74) is 4.17. The molecule has 4 aromatic rings. The average Bonchev–Trinajstić information content (AvgIpc) is 3.08. The van der Waals surface area contributed by atoms with E-state index in [0.717, 1.165) is 0 Å². The Bertz CT molecular complexity index is 1220. The number of pyridine rings is 1. The van der Waals surface area contributed by atoms with Crippen LogP contribution in [-0.4, -0.2) is 27.2 Å². The van der Waals surface area contributed by atoms with Gasteiger partial charge in [0, 0.05) is 12.2 Å². The molecule has 0 aliphatic rings. The number of aromatic nitrogens is 3. The Labute approximate surface area is 174 Å². The third-order valence-corrected chi connectivity index (χ3v) is 5.18. The second-order valence-electron chi connectivity index (χ2n) is 7.51. The van der Waals surface area contributed by atoms with E-state index in [1.807, 2.05) is 32.0 Å². The number of benzene rings is 2. The van der Waals surface area contributed by atoms with E-state index in [-0.39, 0.29) is 17.6 Å². The van der Waals surface area contributed by atoms with Gasteiger partial charge in [0.2, 0.25) is 0 Å². The van der Waals surface area contributed by atoms with Crippen LogP contribution in [0.2, 0.25) is 0 Å². The molecule has 1 N–H and O–H groups in total. The van der Waals surface area contributed by atoms with Gasteiger partial charge in [0.25, 0.3) is 5.91 Å². The van der Waals surface area contributed by atoms with Crippen LogP contribution < -0.4 is 5.32 Å². The Kier molecular flexibility index (Phi) is 5.31. The van der Waals surface area contributed by atoms with Crippen LogP contribution in [0, 0.1) is 19.7 Å². The van der Waals surface area contributed by atoms with Crippen molar-refractivity contribution >= 4 is 16.9 Å². The molecule has 2 aromatic carbocycles. The van der Waals surface area contributed by atoms with Gasteiger partial charge in [0.1, 0.15) is 5.82 Å². The Morgan fingerprint density at radius 1 is 1.10 bits per heavy atom. The quantitative estimate of drug-likeness (QED) is 0.526. The van der Waals surface area contributed by atoms with Crippen LogP contribution in [0.25, 0.3) is 16.7 Å². The van der Waals surface area contributed by atoms with E-state index in [9.17, 15) is 9.18 Å². The standard InChI is InChI=1S/C24H23FN4O/c1-15(18-8-5-4-6-9-18)14-26-24(30)21-12-16(2)27-23-22(21)17(3)28-29(23)20-11-7-10-19(25)13-20/h4-13,15H,14H2,1-3H3,(H,26,30). The lowest BCUT2D eigenvalue weighted by Crippen LogP contribution is -2.28. The summed E-state index contributed by atoms with van der Waals surface area (Å²) in [6.07, 6.45) is 0. The number of carbonyl (C=O) groups is 1. The molecule has 0 spiro atoms. The molecule has 2 heterocycles. The lowest BCUT2D eigenvalue weighted by Gasteiger charge is -2.14. The highest BCUT2D eigenvalue weighted by Gasteiger charge is 2.20. The van der Waals surface area contributed by atoms with Crippen LogP contribution in [0.1, 0.15) is 40.2 Å². The lowest BCUT2D eigenvalue weighted by molar-refractivity contribution is 0.0953. The highest BCUT2D eigenvalue weighted by atomic mass is 19.1. The number of hydrogen-bond donors (Lipinski definition) is 1. The minimum absolute atomic E-state index is 0.171. The molecule has 0 aliphatic carbocycles. The molecule has 152 valence electrons. The third-order valence-electron chi connectivity index (χ3n) is 5.18. The topological polar surface area (TPSA) is 59.8 Å². The average molecular weight is 402 g/mol. The van der Waals surface area contributed by atoms with Crippen molar-refractivity contribution < 1.29 is 9.18 Å². The van der Waals surface area contributed by atoms with E-state index < -0.39 is 0 Å². The molecule has 5 nitrogen and oxygen atoms in total. The van der Waals surface area contributed by atoms with Gasteiger partial charge < -0.3 is 5.32 Å². The molecule has 1 amide bonds. The number of amides is 1. The highest BCUT2D eigenvalue weighted by molar-refractivity contribution is 6.06. The zero-order chi connectivity index (χ0) is 21.3. The van der Waals surface area contributed by atoms with Crippen LogP contribution in [0.3, 0.4) is 0 Å². The summed E-state index contributed by atoms with van der Waals surface area (Å²) in [7, 11) is 0. The van der Waals surface area contributed by atoms with Gasteiger partial charge in [0.05, 0.1) is 22.3 Å². The van der Waals surface area contributed by atoms with Crippen LogP contribution in [0.4, 0.5) is 4.39 Å². The predicted octanol–water partition coefficient (Wildman–Crippen LogP) is 4.71. The molecule has 0 fully saturated rings. The molecule has 1 unspecified atom stereocenters. The number of nitrogens with zero attached hydrogens (tertiary/aromatic N) is 3. The fourth-order valence-corrected chi connectivity index (χ4v) is 3.62. The fraction of sp³-hybridized carbons (Fsp3) is 0.208. The van der Waals surface area contributed by atoms with Gasteiger partial charge in [-0.15, -0.1) is 0 Å². The molecule has 0 bridgehead atoms. The molecule has 1 atom stereocenters. The Morgan fingerprint density at radius 3 is 2.60 bits per heavy atom. The zero-order valence-electron chi connectivity index (χ0n) is 17.2. The van der Waals surface area contributed by atoms with Crippen molar-refractivity contribution in [2.45, 2.75) is 26.7 Å². The molecular weight excluding hydrogens is 379 g/mol. The Balaban J connectivity index is 1.68. The van der Waals surface area contributed by atoms with Crippen molar-refractivity contribution in [1.82, 2.24) is 20.1 Å². The third kappa shape index (κ3) is 3.81. The summed E-state index contributed by atoms with van der Waals surface area (Å²) in [4.78, 5) is 17.6. The number of halogens is 1. The van der Waals surface area contributed by atoms with Crippen molar-refractivity contribution in [2.75, 3.05) is 6.54 Å². The number of rotatable bonds is 5. The first-order valence-corrected chi connectivity index (χ1v) is 9.90. The summed E-state index contributed by atoms with van der Waals surface area (Å²) in [5, 5.41) is 8.25. The van der Waals surface area contributed by atoms with Crippen LogP contribution in [-0.2, 0) is 0 Å². The molecule has 0 radical (unpaired) electrons. The van der Waals surface area contributed by atoms with E-state index in [1.165, 1.54) is 17.7 Å². The maximum atomic E-state index is 13.7. The van der Waals surface area contributed by atoms with E-state index in [4.69, 9.17) is 0 Å². The smallest absolute Gasteiger partial charge is 0.252 e. The monoisotopic (exact) mass is 402 g/mol. The molecule has 0 saturated heterocycles.